The molecule has 6 nitrogen and oxygen atoms in total. The number of para-hydroxylation sites is 2. The monoisotopic (exact) mass is 722 g/mol. The maximum Gasteiger partial charge on any atom is 0.190 e. The molecule has 1 radical (unpaired) electrons. The number of pyridine rings is 1. The second-order valence-electron chi connectivity index (χ2n) is 9.49. The van der Waals surface area contributed by atoms with Crippen LogP contribution >= 0.6 is 0 Å². The van der Waals surface area contributed by atoms with Gasteiger partial charge in [0.1, 0.15) is 5.58 Å². The van der Waals surface area contributed by atoms with Gasteiger partial charge in [0.05, 0.1) is 23.1 Å². The van der Waals surface area contributed by atoms with Crippen molar-refractivity contribution < 1.29 is 24.5 Å². The van der Waals surface area contributed by atoms with E-state index in [1.54, 1.807) is 12.4 Å². The van der Waals surface area contributed by atoms with Crippen LogP contribution in [0.2, 0.25) is 0 Å². The number of fused-ring (bicyclic) bond motifs is 4. The number of furan rings is 1. The minimum Gasteiger partial charge on any atom is -0.501 e. The zero-order valence-electron chi connectivity index (χ0n) is 22.5. The molecule has 7 heteroatoms. The number of nitrogens with zero attached hydrogens (tertiary/aromatic N) is 5. The predicted molar refractivity (Wildman–Crippen MR) is 161 cm³/mol. The first-order valence-corrected chi connectivity index (χ1v) is 13.2. The molecule has 0 saturated carbocycles. The molecule has 0 bridgehead atoms. The third kappa shape index (κ3) is 5.00. The maximum absolute atomic E-state index is 6.29. The van der Waals surface area contributed by atoms with Gasteiger partial charge in [0, 0.05) is 37.4 Å². The van der Waals surface area contributed by atoms with Crippen molar-refractivity contribution in [1.29, 1.82) is 0 Å². The third-order valence-electron chi connectivity index (χ3n) is 6.88. The Kier molecular flexibility index (Phi) is 7.69. The Morgan fingerprint density at radius 1 is 0.786 bits per heavy atom. The van der Waals surface area contributed by atoms with Crippen LogP contribution in [0, 0.1) is 19.1 Å². The standard InChI is InChI=1S/C24H15N4O.C11H8N.Ir/c1-15-11-12-18(22-21(15)17-9-5-6-10-20(17)29-22)24-26-23-19(13-14-25-27-23)28(24)16-7-3-2-4-8-16;1-2-6-10(7-3-1)11-8-4-5-9-12-11;/h2-11,13-14H,1H3;1-6,8-9H;/q2*-1;. The topological polar surface area (TPSA) is 69.6 Å². The van der Waals surface area contributed by atoms with Gasteiger partial charge in [0.25, 0.3) is 0 Å². The zero-order chi connectivity index (χ0) is 27.6. The molecule has 8 aromatic rings. The van der Waals surface area contributed by atoms with Gasteiger partial charge in [-0.2, -0.15) is 5.10 Å². The van der Waals surface area contributed by atoms with E-state index >= 15 is 0 Å². The van der Waals surface area contributed by atoms with Crippen LogP contribution in [0.3, 0.4) is 0 Å². The quantitative estimate of drug-likeness (QED) is 0.173. The van der Waals surface area contributed by atoms with Gasteiger partial charge in [-0.05, 0) is 36.0 Å². The fourth-order valence-electron chi connectivity index (χ4n) is 5.01. The molecule has 8 rings (SSSR count). The Balaban J connectivity index is 0.000000205. The molecule has 0 aliphatic carbocycles. The van der Waals surface area contributed by atoms with Gasteiger partial charge in [-0.25, -0.2) is 0 Å². The molecule has 0 fully saturated rings. The van der Waals surface area contributed by atoms with Crippen LogP contribution in [0.1, 0.15) is 5.56 Å². The van der Waals surface area contributed by atoms with Gasteiger partial charge in [-0.3, -0.25) is 4.98 Å². The van der Waals surface area contributed by atoms with Gasteiger partial charge < -0.3 is 14.0 Å². The van der Waals surface area contributed by atoms with Gasteiger partial charge in [-0.1, -0.05) is 66.4 Å². The summed E-state index contributed by atoms with van der Waals surface area (Å²) in [5.41, 5.74) is 8.05. The normalized spacial score (nSPS) is 10.8. The average Bonchev–Trinajstić information content (AvgIpc) is 3.63. The van der Waals surface area contributed by atoms with E-state index in [0.717, 1.165) is 61.4 Å². The number of rotatable bonds is 3. The summed E-state index contributed by atoms with van der Waals surface area (Å²) < 4.78 is 8.37. The molecule has 4 aromatic heterocycles. The first-order chi connectivity index (χ1) is 20.3. The minimum atomic E-state index is 0. The predicted octanol–water partition coefficient (Wildman–Crippen LogP) is 8.04. The summed E-state index contributed by atoms with van der Waals surface area (Å²) >= 11 is 0. The van der Waals surface area contributed by atoms with Gasteiger partial charge in [-0.15, -0.1) is 58.7 Å². The summed E-state index contributed by atoms with van der Waals surface area (Å²) in [6, 6.07) is 42.4. The Morgan fingerprint density at radius 3 is 2.40 bits per heavy atom. The van der Waals surface area contributed by atoms with E-state index in [9.17, 15) is 0 Å². The number of hydrogen-bond donors (Lipinski definition) is 0. The fourth-order valence-corrected chi connectivity index (χ4v) is 5.01. The fraction of sp³-hybridized carbons (Fsp3) is 0.0286. The van der Waals surface area contributed by atoms with E-state index in [4.69, 9.17) is 9.40 Å². The van der Waals surface area contributed by atoms with Crippen LogP contribution in [-0.4, -0.2) is 24.7 Å². The summed E-state index contributed by atoms with van der Waals surface area (Å²) in [4.78, 5) is 9.03. The first kappa shape index (κ1) is 27.2. The van der Waals surface area contributed by atoms with Crippen LogP contribution in [0.4, 0.5) is 0 Å². The SMILES string of the molecule is Cc1c[c-]c(-c2nc3nnccc3n2-c2ccccc2)c2oc3ccccc3c12.[Ir].[c-]1ccccc1-c1ccccn1. The van der Waals surface area contributed by atoms with Crippen molar-refractivity contribution in [2.75, 3.05) is 0 Å². The minimum absolute atomic E-state index is 0. The second-order valence-corrected chi connectivity index (χ2v) is 9.49. The molecule has 0 spiro atoms. The summed E-state index contributed by atoms with van der Waals surface area (Å²) in [6.45, 7) is 2.08. The second kappa shape index (κ2) is 11.9. The molecular formula is C35H23IrN5O-2. The van der Waals surface area contributed by atoms with E-state index in [1.165, 1.54) is 0 Å². The number of hydrogen-bond acceptors (Lipinski definition) is 5. The number of aryl methyl sites for hydroxylation is 1. The Morgan fingerprint density at radius 2 is 1.60 bits per heavy atom. The van der Waals surface area contributed by atoms with Crippen molar-refractivity contribution in [2.24, 2.45) is 0 Å². The van der Waals surface area contributed by atoms with E-state index in [-0.39, 0.29) is 20.1 Å². The third-order valence-corrected chi connectivity index (χ3v) is 6.88. The van der Waals surface area contributed by atoms with Crippen molar-refractivity contribution in [3.63, 3.8) is 0 Å². The molecule has 205 valence electrons. The van der Waals surface area contributed by atoms with E-state index < -0.39 is 0 Å². The van der Waals surface area contributed by atoms with Crippen molar-refractivity contribution in [3.8, 4) is 28.3 Å². The molecule has 0 N–H and O–H groups in total. The van der Waals surface area contributed by atoms with Crippen LogP contribution in [0.25, 0.3) is 61.4 Å². The molecule has 42 heavy (non-hydrogen) atoms. The average molecular weight is 722 g/mol. The smallest absolute Gasteiger partial charge is 0.190 e. The van der Waals surface area contributed by atoms with E-state index in [1.807, 2.05) is 91.0 Å². The van der Waals surface area contributed by atoms with Gasteiger partial charge in [0.15, 0.2) is 5.65 Å². The molecule has 0 saturated heterocycles. The van der Waals surface area contributed by atoms with Crippen LogP contribution in [0.5, 0.6) is 0 Å². The Hall–Kier alpha value is -4.97. The van der Waals surface area contributed by atoms with Gasteiger partial charge >= 0.3 is 0 Å². The van der Waals surface area contributed by atoms with Crippen molar-refractivity contribution in [3.05, 3.63) is 139 Å². The van der Waals surface area contributed by atoms with Crippen LogP contribution in [0.15, 0.2) is 126 Å². The van der Waals surface area contributed by atoms with Crippen molar-refractivity contribution in [1.82, 2.24) is 24.7 Å². The summed E-state index contributed by atoms with van der Waals surface area (Å²) in [7, 11) is 0. The van der Waals surface area contributed by atoms with Gasteiger partial charge in [0.2, 0.25) is 0 Å². The summed E-state index contributed by atoms with van der Waals surface area (Å²) in [5.74, 6) is 0.732. The summed E-state index contributed by atoms with van der Waals surface area (Å²) in [6.07, 6.45) is 3.47. The summed E-state index contributed by atoms with van der Waals surface area (Å²) in [5, 5.41) is 10.4. The molecule has 0 aliphatic heterocycles. The van der Waals surface area contributed by atoms with Crippen LogP contribution in [-0.2, 0) is 20.1 Å². The molecule has 4 heterocycles. The molecule has 0 unspecified atom stereocenters. The maximum atomic E-state index is 6.29. The Labute approximate surface area is 256 Å². The van der Waals surface area contributed by atoms with Crippen molar-refractivity contribution >= 4 is 33.1 Å². The molecule has 0 amide bonds. The van der Waals surface area contributed by atoms with Crippen molar-refractivity contribution in [2.45, 2.75) is 6.92 Å². The van der Waals surface area contributed by atoms with E-state index in [2.05, 4.69) is 57.0 Å². The largest absolute Gasteiger partial charge is 0.501 e. The molecule has 0 atom stereocenters. The first-order valence-electron chi connectivity index (χ1n) is 13.2. The molecular weight excluding hydrogens is 699 g/mol. The molecule has 4 aromatic carbocycles. The Bertz CT molecular complexity index is 2070. The zero-order valence-corrected chi connectivity index (χ0v) is 24.9. The van der Waals surface area contributed by atoms with E-state index in [0.29, 0.717) is 5.65 Å². The molecule has 0 aliphatic rings. The number of benzene rings is 4. The number of imidazole rings is 1. The number of aromatic nitrogens is 5. The van der Waals surface area contributed by atoms with Crippen LogP contribution < -0.4 is 0 Å².